The quantitative estimate of drug-likeness (QED) is 0.642. The van der Waals surface area contributed by atoms with Crippen molar-refractivity contribution in [2.45, 2.75) is 0 Å². The van der Waals surface area contributed by atoms with Gasteiger partial charge in [-0.1, -0.05) is 60.7 Å². The molecule has 0 amide bonds. The van der Waals surface area contributed by atoms with Crippen LogP contribution in [0, 0.1) is 0 Å². The van der Waals surface area contributed by atoms with E-state index in [-0.39, 0.29) is 0 Å². The van der Waals surface area contributed by atoms with Crippen LogP contribution in [0.15, 0.2) is 71.1 Å². The maximum Gasteiger partial charge on any atom is 0.185 e. The molecule has 0 fully saturated rings. The number of benzene rings is 2. The van der Waals surface area contributed by atoms with E-state index in [2.05, 4.69) is 0 Å². The molecule has 3 aromatic rings. The molecule has 19 heavy (non-hydrogen) atoms. The summed E-state index contributed by atoms with van der Waals surface area (Å²) in [6.07, 6.45) is 0.735. The van der Waals surface area contributed by atoms with E-state index >= 15 is 0 Å². The van der Waals surface area contributed by atoms with Gasteiger partial charge in [-0.05, 0) is 11.6 Å². The van der Waals surface area contributed by atoms with Gasteiger partial charge < -0.3 is 4.42 Å². The molecule has 92 valence electrons. The maximum absolute atomic E-state index is 10.9. The van der Waals surface area contributed by atoms with Crippen molar-refractivity contribution in [1.29, 1.82) is 0 Å². The van der Waals surface area contributed by atoms with Crippen molar-refractivity contribution in [3.05, 3.63) is 72.5 Å². The summed E-state index contributed by atoms with van der Waals surface area (Å²) < 4.78 is 5.64. The van der Waals surface area contributed by atoms with E-state index in [0.717, 1.165) is 28.7 Å². The number of carbonyl (C=O) groups is 1. The van der Waals surface area contributed by atoms with Gasteiger partial charge in [-0.3, -0.25) is 4.79 Å². The highest BCUT2D eigenvalue weighted by Gasteiger charge is 2.13. The van der Waals surface area contributed by atoms with Crippen molar-refractivity contribution in [2.24, 2.45) is 0 Å². The molecule has 0 aliphatic heterocycles. The summed E-state index contributed by atoms with van der Waals surface area (Å²) in [4.78, 5) is 10.9. The second-order valence-corrected chi connectivity index (χ2v) is 4.24. The molecule has 0 aliphatic carbocycles. The van der Waals surface area contributed by atoms with Gasteiger partial charge in [-0.15, -0.1) is 0 Å². The van der Waals surface area contributed by atoms with Crippen LogP contribution in [0.5, 0.6) is 0 Å². The van der Waals surface area contributed by atoms with Crippen molar-refractivity contribution < 1.29 is 9.21 Å². The highest BCUT2D eigenvalue weighted by molar-refractivity contribution is 5.85. The predicted octanol–water partition coefficient (Wildman–Crippen LogP) is 4.43. The molecule has 0 aliphatic rings. The molecule has 0 radical (unpaired) electrons. The Hall–Kier alpha value is -2.61. The normalized spacial score (nSPS) is 10.3. The molecule has 0 bridgehead atoms. The van der Waals surface area contributed by atoms with Crippen molar-refractivity contribution in [2.75, 3.05) is 0 Å². The fourth-order valence-electron chi connectivity index (χ4n) is 2.10. The highest BCUT2D eigenvalue weighted by atomic mass is 16.3. The van der Waals surface area contributed by atoms with E-state index in [1.54, 1.807) is 6.07 Å². The zero-order valence-corrected chi connectivity index (χ0v) is 10.2. The molecule has 2 heteroatoms. The summed E-state index contributed by atoms with van der Waals surface area (Å²) in [6.45, 7) is 0. The third-order valence-electron chi connectivity index (χ3n) is 2.99. The van der Waals surface area contributed by atoms with E-state index in [0.29, 0.717) is 5.76 Å². The van der Waals surface area contributed by atoms with Crippen LogP contribution in [0.4, 0.5) is 0 Å². The Morgan fingerprint density at radius 2 is 1.37 bits per heavy atom. The molecule has 0 saturated heterocycles. The number of hydrogen-bond donors (Lipinski definition) is 0. The molecule has 0 N–H and O–H groups in total. The number of furan rings is 1. The topological polar surface area (TPSA) is 30.2 Å². The Bertz CT molecular complexity index is 625. The minimum absolute atomic E-state index is 0.345. The summed E-state index contributed by atoms with van der Waals surface area (Å²) in [5, 5.41) is 0. The minimum atomic E-state index is 0.345. The molecule has 2 aromatic carbocycles. The smallest absolute Gasteiger partial charge is 0.185 e. The molecule has 2 nitrogen and oxygen atoms in total. The van der Waals surface area contributed by atoms with Crippen molar-refractivity contribution in [3.8, 4) is 22.5 Å². The molecular formula is C17H12O2. The summed E-state index contributed by atoms with van der Waals surface area (Å²) in [5.74, 6) is 1.08. The van der Waals surface area contributed by atoms with Crippen LogP contribution in [0.1, 0.15) is 10.6 Å². The largest absolute Gasteiger partial charge is 0.453 e. The van der Waals surface area contributed by atoms with Crippen molar-refractivity contribution in [1.82, 2.24) is 0 Å². The van der Waals surface area contributed by atoms with Crippen LogP contribution in [0.2, 0.25) is 0 Å². The van der Waals surface area contributed by atoms with Gasteiger partial charge in [0, 0.05) is 11.1 Å². The number of rotatable bonds is 3. The summed E-state index contributed by atoms with van der Waals surface area (Å²) in [5.41, 5.74) is 2.95. The Kier molecular flexibility index (Phi) is 2.99. The first-order valence-corrected chi connectivity index (χ1v) is 6.08. The minimum Gasteiger partial charge on any atom is -0.453 e. The van der Waals surface area contributed by atoms with Crippen LogP contribution in [0.3, 0.4) is 0 Å². The Labute approximate surface area is 111 Å². The fraction of sp³-hybridized carbons (Fsp3) is 0. The zero-order chi connectivity index (χ0) is 13.1. The lowest BCUT2D eigenvalue weighted by Crippen LogP contribution is -1.78. The van der Waals surface area contributed by atoms with Crippen molar-refractivity contribution in [3.63, 3.8) is 0 Å². The monoisotopic (exact) mass is 248 g/mol. The van der Waals surface area contributed by atoms with Crippen LogP contribution in [0.25, 0.3) is 22.5 Å². The van der Waals surface area contributed by atoms with E-state index in [4.69, 9.17) is 4.42 Å². The second kappa shape index (κ2) is 4.94. The van der Waals surface area contributed by atoms with Gasteiger partial charge in [-0.2, -0.15) is 0 Å². The van der Waals surface area contributed by atoms with Gasteiger partial charge in [0.05, 0.1) is 0 Å². The fourth-order valence-corrected chi connectivity index (χ4v) is 2.10. The molecule has 0 spiro atoms. The van der Waals surface area contributed by atoms with Crippen LogP contribution in [-0.4, -0.2) is 6.29 Å². The average molecular weight is 248 g/mol. The van der Waals surface area contributed by atoms with Gasteiger partial charge in [0.25, 0.3) is 0 Å². The lowest BCUT2D eigenvalue weighted by molar-refractivity contribution is 0.110. The van der Waals surface area contributed by atoms with Gasteiger partial charge in [0.15, 0.2) is 12.0 Å². The second-order valence-electron chi connectivity index (χ2n) is 4.24. The first-order valence-electron chi connectivity index (χ1n) is 6.08. The SMILES string of the molecule is O=Cc1cc(-c2ccccc2)c(-c2ccccc2)o1. The van der Waals surface area contributed by atoms with Gasteiger partial charge in [-0.25, -0.2) is 0 Å². The van der Waals surface area contributed by atoms with Gasteiger partial charge in [0.1, 0.15) is 5.76 Å². The number of hydrogen-bond acceptors (Lipinski definition) is 2. The molecular weight excluding hydrogens is 236 g/mol. The number of aldehydes is 1. The molecule has 3 rings (SSSR count). The van der Waals surface area contributed by atoms with Gasteiger partial charge >= 0.3 is 0 Å². The Balaban J connectivity index is 2.19. The first kappa shape index (κ1) is 11.5. The lowest BCUT2D eigenvalue weighted by atomic mass is 10.0. The van der Waals surface area contributed by atoms with Crippen molar-refractivity contribution >= 4 is 6.29 Å². The highest BCUT2D eigenvalue weighted by Crippen LogP contribution is 2.34. The predicted molar refractivity (Wildman–Crippen MR) is 75.0 cm³/mol. The summed E-state index contributed by atoms with van der Waals surface area (Å²) >= 11 is 0. The van der Waals surface area contributed by atoms with Crippen LogP contribution >= 0.6 is 0 Å². The molecule has 0 unspecified atom stereocenters. The van der Waals surface area contributed by atoms with Crippen LogP contribution < -0.4 is 0 Å². The lowest BCUT2D eigenvalue weighted by Gasteiger charge is -2.02. The average Bonchev–Trinajstić information content (AvgIpc) is 2.93. The van der Waals surface area contributed by atoms with E-state index in [1.165, 1.54) is 0 Å². The van der Waals surface area contributed by atoms with Gasteiger partial charge in [0.2, 0.25) is 0 Å². The maximum atomic E-state index is 10.9. The third kappa shape index (κ3) is 2.20. The van der Waals surface area contributed by atoms with E-state index in [1.807, 2.05) is 60.7 Å². The summed E-state index contributed by atoms with van der Waals surface area (Å²) in [6, 6.07) is 21.5. The standard InChI is InChI=1S/C17H12O2/c18-12-15-11-16(13-7-3-1-4-8-13)17(19-15)14-9-5-2-6-10-14/h1-12H. The summed E-state index contributed by atoms with van der Waals surface area (Å²) in [7, 11) is 0. The van der Waals surface area contributed by atoms with Crippen LogP contribution in [-0.2, 0) is 0 Å². The Morgan fingerprint density at radius 3 is 1.95 bits per heavy atom. The van der Waals surface area contributed by atoms with E-state index < -0.39 is 0 Å². The molecule has 1 aromatic heterocycles. The van der Waals surface area contributed by atoms with E-state index in [9.17, 15) is 4.79 Å². The molecule has 1 heterocycles. The number of carbonyl (C=O) groups excluding carboxylic acids is 1. The first-order chi connectivity index (χ1) is 9.38. The Morgan fingerprint density at radius 1 is 0.789 bits per heavy atom. The molecule has 0 atom stereocenters. The zero-order valence-electron chi connectivity index (χ0n) is 10.2. The third-order valence-corrected chi connectivity index (χ3v) is 2.99. The molecule has 0 saturated carbocycles.